The second-order valence-corrected chi connectivity index (χ2v) is 10.6. The lowest BCUT2D eigenvalue weighted by Gasteiger charge is -2.23. The zero-order chi connectivity index (χ0) is 25.4. The van der Waals surface area contributed by atoms with Gasteiger partial charge in [-0.25, -0.2) is 4.79 Å². The van der Waals surface area contributed by atoms with Gasteiger partial charge in [-0.2, -0.15) is 0 Å². The molecule has 2 aromatic carbocycles. The number of ether oxygens (including phenoxy) is 1. The number of halogens is 2. The Kier molecular flexibility index (Phi) is 6.99. The van der Waals surface area contributed by atoms with Crippen LogP contribution in [-0.4, -0.2) is 30.4 Å². The summed E-state index contributed by atoms with van der Waals surface area (Å²) in [7, 11) is 0. The van der Waals surface area contributed by atoms with E-state index in [-0.39, 0.29) is 12.3 Å². The molecule has 0 bridgehead atoms. The minimum Gasteiger partial charge on any atom is -0.373 e. The normalized spacial score (nSPS) is 22.0. The summed E-state index contributed by atoms with van der Waals surface area (Å²) in [6.07, 6.45) is 4.48. The molecule has 0 radical (unpaired) electrons. The first kappa shape index (κ1) is 24.6. The monoisotopic (exact) mass is 542 g/mol. The second kappa shape index (κ2) is 10.5. The first-order valence-corrected chi connectivity index (χ1v) is 13.4. The molecule has 2 N–H and O–H groups in total. The van der Waals surface area contributed by atoms with Crippen molar-refractivity contribution >= 4 is 35.0 Å². The molecule has 3 aromatic rings. The van der Waals surface area contributed by atoms with Crippen molar-refractivity contribution in [2.45, 2.75) is 56.9 Å². The first-order valence-electron chi connectivity index (χ1n) is 12.7. The van der Waals surface area contributed by atoms with Crippen molar-refractivity contribution in [3.8, 4) is 11.3 Å². The molecular weight excluding hydrogens is 515 g/mol. The largest absolute Gasteiger partial charge is 0.427 e. The number of aromatic nitrogens is 1. The molecule has 2 atom stereocenters. The highest BCUT2D eigenvalue weighted by Gasteiger charge is 2.34. The van der Waals surface area contributed by atoms with Gasteiger partial charge in [0.25, 0.3) is 0 Å². The average Bonchev–Trinajstić information content (AvgIpc) is 3.59. The van der Waals surface area contributed by atoms with Crippen LogP contribution in [0.25, 0.3) is 11.3 Å². The van der Waals surface area contributed by atoms with E-state index >= 15 is 0 Å². The van der Waals surface area contributed by atoms with Crippen molar-refractivity contribution < 1.29 is 18.9 Å². The number of anilines is 1. The number of carbonyl (C=O) groups excluding carboxylic acids is 1. The highest BCUT2D eigenvalue weighted by Crippen LogP contribution is 2.46. The molecule has 3 aliphatic rings. The van der Waals surface area contributed by atoms with Gasteiger partial charge in [-0.1, -0.05) is 46.6 Å². The molecule has 1 aliphatic carbocycles. The Hall–Kier alpha value is -2.78. The van der Waals surface area contributed by atoms with E-state index in [9.17, 15) is 4.79 Å². The molecule has 2 aliphatic heterocycles. The fourth-order valence-electron chi connectivity index (χ4n) is 5.06. The molecule has 10 heteroatoms. The number of rotatable bonds is 7. The molecule has 1 saturated carbocycles. The van der Waals surface area contributed by atoms with Crippen LogP contribution in [0.5, 0.6) is 0 Å². The first-order chi connectivity index (χ1) is 18.1. The van der Waals surface area contributed by atoms with Gasteiger partial charge in [0, 0.05) is 35.8 Å². The van der Waals surface area contributed by atoms with Gasteiger partial charge in [0.05, 0.1) is 22.8 Å². The summed E-state index contributed by atoms with van der Waals surface area (Å²) < 4.78 is 12.3. The lowest BCUT2D eigenvalue weighted by Crippen LogP contribution is -2.25. The number of amides is 1. The number of hydrogen-bond donors (Lipinski definition) is 2. The lowest BCUT2D eigenvalue weighted by atomic mass is 10.0. The van der Waals surface area contributed by atoms with E-state index in [1.807, 2.05) is 30.3 Å². The van der Waals surface area contributed by atoms with Crippen LogP contribution >= 0.6 is 23.2 Å². The van der Waals surface area contributed by atoms with Gasteiger partial charge < -0.3 is 19.0 Å². The zero-order valence-corrected chi connectivity index (χ0v) is 21.7. The zero-order valence-electron chi connectivity index (χ0n) is 20.2. The Balaban J connectivity index is 1.11. The third-order valence-electron chi connectivity index (χ3n) is 7.23. The van der Waals surface area contributed by atoms with Crippen LogP contribution in [0.2, 0.25) is 10.0 Å². The second-order valence-electron chi connectivity index (χ2n) is 9.77. The Morgan fingerprint density at radius 1 is 1.03 bits per heavy atom. The maximum atomic E-state index is 11.3. The topological polar surface area (TPSA) is 88.9 Å². The minimum atomic E-state index is -0.467. The van der Waals surface area contributed by atoms with Crippen molar-refractivity contribution in [3.05, 3.63) is 69.4 Å². The van der Waals surface area contributed by atoms with E-state index in [1.165, 1.54) is 0 Å². The van der Waals surface area contributed by atoms with E-state index in [4.69, 9.17) is 37.3 Å². The summed E-state index contributed by atoms with van der Waals surface area (Å²) >= 11 is 13.0. The van der Waals surface area contributed by atoms with Gasteiger partial charge in [-0.3, -0.25) is 5.32 Å². The fraction of sp³-hybridized carbons (Fsp3) is 0.407. The minimum absolute atomic E-state index is 0.135. The number of carbonyl (C=O) groups is 1. The Labute approximate surface area is 225 Å². The maximum Gasteiger partial charge on any atom is 0.427 e. The van der Waals surface area contributed by atoms with Gasteiger partial charge in [0.2, 0.25) is 0 Å². The summed E-state index contributed by atoms with van der Waals surface area (Å²) in [6.45, 7) is 2.28. The summed E-state index contributed by atoms with van der Waals surface area (Å²) in [4.78, 5) is 18.4. The molecule has 0 spiro atoms. The van der Waals surface area contributed by atoms with Crippen molar-refractivity contribution in [2.75, 3.05) is 18.0 Å². The predicted molar refractivity (Wildman–Crippen MR) is 141 cm³/mol. The third-order valence-corrected chi connectivity index (χ3v) is 7.86. The van der Waals surface area contributed by atoms with Crippen LogP contribution in [0.4, 0.5) is 10.5 Å². The van der Waals surface area contributed by atoms with Crippen LogP contribution in [-0.2, 0) is 16.2 Å². The van der Waals surface area contributed by atoms with Crippen LogP contribution in [0.15, 0.2) is 47.0 Å². The molecule has 37 heavy (non-hydrogen) atoms. The van der Waals surface area contributed by atoms with Crippen molar-refractivity contribution in [1.82, 2.24) is 16.0 Å². The molecule has 1 aromatic heterocycles. The molecule has 6 rings (SSSR count). The number of nitrogens with one attached hydrogen (secondary N) is 2. The van der Waals surface area contributed by atoms with E-state index in [2.05, 4.69) is 33.0 Å². The average molecular weight is 543 g/mol. The molecule has 2 unspecified atom stereocenters. The Morgan fingerprint density at radius 2 is 1.81 bits per heavy atom. The van der Waals surface area contributed by atoms with Crippen LogP contribution in [0.3, 0.4) is 0 Å². The standard InChI is InChI=1S/C27H28Cl2N4O4/c28-21-4-1-5-22(29)23(21)24-20(25(36-31-24)16-6-7-16)15-35-19-3-2-13-33(14-12-19)18-10-8-17(9-11-18)26-30-27(34)37-32-26/h1,4-5,8-11,16,19,26,32H,2-3,6-7,12-15H2,(H,30,34). The number of hydrogen-bond acceptors (Lipinski definition) is 7. The third kappa shape index (κ3) is 5.29. The van der Waals surface area contributed by atoms with Crippen LogP contribution in [0.1, 0.15) is 61.1 Å². The number of nitrogens with zero attached hydrogens (tertiary/aromatic N) is 2. The SMILES string of the molecule is O=C1NC(c2ccc(N3CCCC(OCc4c(-c5c(Cl)cccc5Cl)noc4C4CC4)CC3)cc2)NO1. The van der Waals surface area contributed by atoms with E-state index in [0.29, 0.717) is 33.8 Å². The van der Waals surface area contributed by atoms with Crippen LogP contribution < -0.4 is 15.7 Å². The lowest BCUT2D eigenvalue weighted by molar-refractivity contribution is 0.0328. The molecule has 1 amide bonds. The van der Waals surface area contributed by atoms with Gasteiger partial charge in [0.1, 0.15) is 17.6 Å². The predicted octanol–water partition coefficient (Wildman–Crippen LogP) is 6.34. The summed E-state index contributed by atoms with van der Waals surface area (Å²) in [6, 6.07) is 13.7. The molecular formula is C27H28Cl2N4O4. The molecule has 2 saturated heterocycles. The highest BCUT2D eigenvalue weighted by atomic mass is 35.5. The van der Waals surface area contributed by atoms with Crippen molar-refractivity contribution in [1.29, 1.82) is 0 Å². The van der Waals surface area contributed by atoms with E-state index < -0.39 is 6.09 Å². The van der Waals surface area contributed by atoms with Crippen LogP contribution in [0, 0.1) is 0 Å². The highest BCUT2D eigenvalue weighted by molar-refractivity contribution is 6.39. The number of benzene rings is 2. The van der Waals surface area contributed by atoms with Gasteiger partial charge >= 0.3 is 6.09 Å². The summed E-state index contributed by atoms with van der Waals surface area (Å²) in [5.41, 5.74) is 7.13. The van der Waals surface area contributed by atoms with E-state index in [0.717, 1.165) is 67.8 Å². The molecule has 8 nitrogen and oxygen atoms in total. The maximum absolute atomic E-state index is 11.3. The van der Waals surface area contributed by atoms with Gasteiger partial charge in [-0.05, 0) is 61.9 Å². The molecule has 194 valence electrons. The fourth-order valence-corrected chi connectivity index (χ4v) is 5.63. The van der Waals surface area contributed by atoms with Gasteiger partial charge in [-0.15, -0.1) is 5.48 Å². The smallest absolute Gasteiger partial charge is 0.373 e. The number of hydroxylamine groups is 1. The van der Waals surface area contributed by atoms with Gasteiger partial charge in [0.15, 0.2) is 0 Å². The molecule has 3 fully saturated rings. The quantitative estimate of drug-likeness (QED) is 0.359. The summed E-state index contributed by atoms with van der Waals surface area (Å²) in [5.74, 6) is 1.30. The Morgan fingerprint density at radius 3 is 2.51 bits per heavy atom. The van der Waals surface area contributed by atoms with Crippen molar-refractivity contribution in [3.63, 3.8) is 0 Å². The van der Waals surface area contributed by atoms with Crippen molar-refractivity contribution in [2.24, 2.45) is 0 Å². The Bertz CT molecular complexity index is 1260. The van der Waals surface area contributed by atoms with E-state index in [1.54, 1.807) is 0 Å². The molecule has 3 heterocycles. The summed E-state index contributed by atoms with van der Waals surface area (Å²) in [5, 5.41) is 8.20.